The van der Waals surface area contributed by atoms with Crippen LogP contribution in [0.2, 0.25) is 0 Å². The first-order valence-corrected chi connectivity index (χ1v) is 3.92. The zero-order valence-electron chi connectivity index (χ0n) is 6.96. The van der Waals surface area contributed by atoms with Crippen LogP contribution >= 0.6 is 0 Å². The summed E-state index contributed by atoms with van der Waals surface area (Å²) in [6, 6.07) is 0. The van der Waals surface area contributed by atoms with Crippen molar-refractivity contribution in [1.29, 1.82) is 0 Å². The molecule has 0 amide bonds. The Morgan fingerprint density at radius 2 is 2.00 bits per heavy atom. The van der Waals surface area contributed by atoms with Crippen LogP contribution in [0.1, 0.15) is 26.7 Å². The van der Waals surface area contributed by atoms with Gasteiger partial charge >= 0.3 is 0 Å². The summed E-state index contributed by atoms with van der Waals surface area (Å²) in [5.41, 5.74) is 0. The van der Waals surface area contributed by atoms with Gasteiger partial charge in [-0.05, 0) is 26.7 Å². The van der Waals surface area contributed by atoms with E-state index >= 15 is 0 Å². The minimum Gasteiger partial charge on any atom is -0.379 e. The topological polar surface area (TPSA) is 18.5 Å². The van der Waals surface area contributed by atoms with Crippen LogP contribution < -0.4 is 0 Å². The first-order valence-electron chi connectivity index (χ1n) is 3.92. The minimum absolute atomic E-state index is 0.272. The molecule has 60 valence electrons. The third kappa shape index (κ3) is 1.70. The molecule has 2 nitrogen and oxygen atoms in total. The molecule has 0 unspecified atom stereocenters. The zero-order chi connectivity index (χ0) is 7.56. The zero-order valence-corrected chi connectivity index (χ0v) is 6.96. The Morgan fingerprint density at radius 1 is 1.30 bits per heavy atom. The molecule has 1 saturated heterocycles. The summed E-state index contributed by atoms with van der Waals surface area (Å²) < 4.78 is 10.8. The molecule has 0 bridgehead atoms. The van der Waals surface area contributed by atoms with Gasteiger partial charge in [-0.1, -0.05) is 0 Å². The second kappa shape index (κ2) is 3.35. The van der Waals surface area contributed by atoms with Crippen LogP contribution in [0.5, 0.6) is 0 Å². The van der Waals surface area contributed by atoms with E-state index in [-0.39, 0.29) is 6.10 Å². The van der Waals surface area contributed by atoms with E-state index in [0.717, 1.165) is 12.8 Å². The Bertz CT molecular complexity index is 103. The van der Waals surface area contributed by atoms with Gasteiger partial charge in [-0.3, -0.25) is 0 Å². The van der Waals surface area contributed by atoms with E-state index < -0.39 is 0 Å². The van der Waals surface area contributed by atoms with Gasteiger partial charge in [-0.2, -0.15) is 0 Å². The first kappa shape index (κ1) is 8.02. The summed E-state index contributed by atoms with van der Waals surface area (Å²) in [6.07, 6.45) is 3.27. The van der Waals surface area contributed by atoms with Gasteiger partial charge < -0.3 is 9.47 Å². The van der Waals surface area contributed by atoms with Gasteiger partial charge in [0.1, 0.15) is 0 Å². The van der Waals surface area contributed by atoms with Crippen LogP contribution in [0.25, 0.3) is 0 Å². The number of methoxy groups -OCH3 is 1. The molecule has 1 fully saturated rings. The molecule has 1 aliphatic rings. The molecule has 1 rings (SSSR count). The lowest BCUT2D eigenvalue weighted by molar-refractivity contribution is -0.114. The molecule has 2 heteroatoms. The summed E-state index contributed by atoms with van der Waals surface area (Å²) in [7, 11) is 1.75. The smallest absolute Gasteiger partial charge is 0.0831 e. The first-order chi connectivity index (χ1) is 4.74. The van der Waals surface area contributed by atoms with Crippen LogP contribution in [0, 0.1) is 0 Å². The lowest BCUT2D eigenvalue weighted by Gasteiger charge is -2.31. The third-order valence-corrected chi connectivity index (χ3v) is 2.13. The predicted molar refractivity (Wildman–Crippen MR) is 40.0 cm³/mol. The quantitative estimate of drug-likeness (QED) is 0.556. The van der Waals surface area contributed by atoms with E-state index in [0.29, 0.717) is 12.2 Å². The number of ether oxygens (including phenoxy) is 2. The van der Waals surface area contributed by atoms with Crippen molar-refractivity contribution in [2.45, 2.75) is 45.0 Å². The van der Waals surface area contributed by atoms with Gasteiger partial charge in [-0.25, -0.2) is 0 Å². The molecule has 0 aliphatic carbocycles. The molecule has 1 aliphatic heterocycles. The highest BCUT2D eigenvalue weighted by Gasteiger charge is 2.25. The van der Waals surface area contributed by atoms with Crippen molar-refractivity contribution in [1.82, 2.24) is 0 Å². The molecule has 1 heterocycles. The molecular formula is C8H16O2. The fourth-order valence-electron chi connectivity index (χ4n) is 1.47. The van der Waals surface area contributed by atoms with E-state index in [2.05, 4.69) is 13.8 Å². The van der Waals surface area contributed by atoms with Gasteiger partial charge in [0.05, 0.1) is 18.3 Å². The van der Waals surface area contributed by atoms with E-state index in [9.17, 15) is 0 Å². The highest BCUT2D eigenvalue weighted by molar-refractivity contribution is 4.74. The average Bonchev–Trinajstić information content (AvgIpc) is 1.88. The summed E-state index contributed by atoms with van der Waals surface area (Å²) in [4.78, 5) is 0. The normalized spacial score (nSPS) is 41.7. The van der Waals surface area contributed by atoms with Crippen LogP contribution in [0.3, 0.4) is 0 Å². The summed E-state index contributed by atoms with van der Waals surface area (Å²) in [6.45, 7) is 4.19. The lowest BCUT2D eigenvalue weighted by Crippen LogP contribution is -2.36. The Morgan fingerprint density at radius 3 is 2.50 bits per heavy atom. The molecule has 3 atom stereocenters. The molecule has 0 saturated carbocycles. The molecule has 0 radical (unpaired) electrons. The highest BCUT2D eigenvalue weighted by atomic mass is 16.5. The summed E-state index contributed by atoms with van der Waals surface area (Å²) >= 11 is 0. The van der Waals surface area contributed by atoms with Crippen molar-refractivity contribution in [2.75, 3.05) is 7.11 Å². The van der Waals surface area contributed by atoms with E-state index in [1.807, 2.05) is 0 Å². The van der Waals surface area contributed by atoms with Gasteiger partial charge in [-0.15, -0.1) is 0 Å². The van der Waals surface area contributed by atoms with Crippen LogP contribution in [0.15, 0.2) is 0 Å². The van der Waals surface area contributed by atoms with E-state index in [4.69, 9.17) is 9.47 Å². The molecule has 0 spiro atoms. The average molecular weight is 144 g/mol. The molecule has 10 heavy (non-hydrogen) atoms. The van der Waals surface area contributed by atoms with Crippen molar-refractivity contribution < 1.29 is 9.47 Å². The van der Waals surface area contributed by atoms with Crippen molar-refractivity contribution in [3.8, 4) is 0 Å². The monoisotopic (exact) mass is 144 g/mol. The van der Waals surface area contributed by atoms with Crippen molar-refractivity contribution in [2.24, 2.45) is 0 Å². The number of hydrogen-bond donors (Lipinski definition) is 0. The minimum atomic E-state index is 0.272. The van der Waals surface area contributed by atoms with Gasteiger partial charge in [0.2, 0.25) is 0 Å². The van der Waals surface area contributed by atoms with Crippen LogP contribution in [-0.4, -0.2) is 25.4 Å². The second-order valence-corrected chi connectivity index (χ2v) is 3.00. The molecule has 0 aromatic heterocycles. The van der Waals surface area contributed by atoms with E-state index in [1.165, 1.54) is 0 Å². The summed E-state index contributed by atoms with van der Waals surface area (Å²) in [5, 5.41) is 0. The standard InChI is InChI=1S/C8H16O2/c1-6-4-5-8(9-3)7(2)10-6/h6-8H,4-5H2,1-3H3/t6-,7+,8-/m1/s1. The molecule has 0 aromatic rings. The fourth-order valence-corrected chi connectivity index (χ4v) is 1.47. The Labute approximate surface area is 62.5 Å². The Hall–Kier alpha value is -0.0800. The van der Waals surface area contributed by atoms with Crippen molar-refractivity contribution in [3.63, 3.8) is 0 Å². The van der Waals surface area contributed by atoms with Crippen molar-refractivity contribution >= 4 is 0 Å². The maximum atomic E-state index is 5.56. The third-order valence-electron chi connectivity index (χ3n) is 2.13. The lowest BCUT2D eigenvalue weighted by atomic mass is 10.0. The SMILES string of the molecule is CO[C@@H]1CC[C@@H](C)O[C@H]1C. The van der Waals surface area contributed by atoms with Crippen LogP contribution in [-0.2, 0) is 9.47 Å². The van der Waals surface area contributed by atoms with Crippen LogP contribution in [0.4, 0.5) is 0 Å². The van der Waals surface area contributed by atoms with Gasteiger partial charge in [0, 0.05) is 7.11 Å². The van der Waals surface area contributed by atoms with Gasteiger partial charge in [0.15, 0.2) is 0 Å². The highest BCUT2D eigenvalue weighted by Crippen LogP contribution is 2.20. The fraction of sp³-hybridized carbons (Fsp3) is 1.00. The molecule has 0 N–H and O–H groups in total. The largest absolute Gasteiger partial charge is 0.379 e. The van der Waals surface area contributed by atoms with Crippen molar-refractivity contribution in [3.05, 3.63) is 0 Å². The number of rotatable bonds is 1. The Balaban J connectivity index is 2.36. The van der Waals surface area contributed by atoms with E-state index in [1.54, 1.807) is 7.11 Å². The maximum Gasteiger partial charge on any atom is 0.0831 e. The summed E-state index contributed by atoms with van der Waals surface area (Å²) in [5.74, 6) is 0. The second-order valence-electron chi connectivity index (χ2n) is 3.00. The maximum absolute atomic E-state index is 5.56. The molecule has 0 aromatic carbocycles. The Kier molecular flexibility index (Phi) is 2.69. The molecular weight excluding hydrogens is 128 g/mol. The number of hydrogen-bond acceptors (Lipinski definition) is 2. The van der Waals surface area contributed by atoms with Gasteiger partial charge in [0.25, 0.3) is 0 Å². The predicted octanol–water partition coefficient (Wildman–Crippen LogP) is 1.59.